The molecule has 128 valence electrons. The van der Waals surface area contributed by atoms with Crippen LogP contribution >= 0.6 is 11.6 Å². The zero-order chi connectivity index (χ0) is 17.5. The minimum atomic E-state index is -0.607. The van der Waals surface area contributed by atoms with Gasteiger partial charge in [0.2, 0.25) is 0 Å². The summed E-state index contributed by atoms with van der Waals surface area (Å²) in [5, 5.41) is 3.46. The first kappa shape index (κ1) is 18.3. The van der Waals surface area contributed by atoms with Crippen LogP contribution in [0.3, 0.4) is 0 Å². The Hall–Kier alpha value is -2.00. The first-order valence-corrected chi connectivity index (χ1v) is 8.72. The normalized spacial score (nSPS) is 11.8. The lowest BCUT2D eigenvalue weighted by Crippen LogP contribution is -2.36. The molecule has 1 atom stereocenters. The monoisotopic (exact) mass is 345 g/mol. The fourth-order valence-corrected chi connectivity index (χ4v) is 2.70. The minimum Gasteiger partial charge on any atom is -0.479 e. The van der Waals surface area contributed by atoms with Crippen LogP contribution in [0.5, 0.6) is 5.75 Å². The van der Waals surface area contributed by atoms with Gasteiger partial charge in [-0.25, -0.2) is 0 Å². The summed E-state index contributed by atoms with van der Waals surface area (Å²) in [7, 11) is 0. The zero-order valence-electron chi connectivity index (χ0n) is 14.4. The molecule has 0 aromatic heterocycles. The fraction of sp³-hybridized carbons (Fsp3) is 0.350. The van der Waals surface area contributed by atoms with Crippen molar-refractivity contribution in [1.82, 2.24) is 5.32 Å². The Morgan fingerprint density at radius 1 is 1.12 bits per heavy atom. The predicted molar refractivity (Wildman–Crippen MR) is 98.6 cm³/mol. The van der Waals surface area contributed by atoms with E-state index in [0.717, 1.165) is 18.4 Å². The SMILES string of the molecule is CCc1ccc(CC)c(CNC(=O)[C@@H](C)Oc2ccccc2Cl)c1. The fourth-order valence-electron chi connectivity index (χ4n) is 2.52. The molecule has 0 unspecified atom stereocenters. The van der Waals surface area contributed by atoms with Crippen molar-refractivity contribution in [2.75, 3.05) is 0 Å². The number of rotatable bonds is 7. The molecular formula is C20H24ClNO2. The number of hydrogen-bond acceptors (Lipinski definition) is 2. The highest BCUT2D eigenvalue weighted by atomic mass is 35.5. The molecule has 3 nitrogen and oxygen atoms in total. The van der Waals surface area contributed by atoms with Gasteiger partial charge in [-0.1, -0.05) is 55.8 Å². The van der Waals surface area contributed by atoms with Crippen molar-refractivity contribution in [2.24, 2.45) is 0 Å². The van der Waals surface area contributed by atoms with E-state index in [1.807, 2.05) is 12.1 Å². The maximum Gasteiger partial charge on any atom is 0.261 e. The van der Waals surface area contributed by atoms with Crippen LogP contribution in [0.1, 0.15) is 37.5 Å². The molecule has 0 spiro atoms. The first-order chi connectivity index (χ1) is 11.5. The summed E-state index contributed by atoms with van der Waals surface area (Å²) < 4.78 is 5.65. The smallest absolute Gasteiger partial charge is 0.261 e. The highest BCUT2D eigenvalue weighted by Gasteiger charge is 2.16. The van der Waals surface area contributed by atoms with Crippen LogP contribution < -0.4 is 10.1 Å². The molecule has 2 rings (SSSR count). The summed E-state index contributed by atoms with van der Waals surface area (Å²) in [5.41, 5.74) is 3.69. The van der Waals surface area contributed by atoms with Gasteiger partial charge in [0.15, 0.2) is 6.10 Å². The minimum absolute atomic E-state index is 0.154. The summed E-state index contributed by atoms with van der Waals surface area (Å²) in [6.45, 7) is 6.48. The van der Waals surface area contributed by atoms with Gasteiger partial charge in [0.1, 0.15) is 5.75 Å². The van der Waals surface area contributed by atoms with E-state index >= 15 is 0 Å². The third-order valence-electron chi connectivity index (χ3n) is 4.02. The van der Waals surface area contributed by atoms with Crippen molar-refractivity contribution >= 4 is 17.5 Å². The van der Waals surface area contributed by atoms with E-state index in [0.29, 0.717) is 17.3 Å². The number of hydrogen-bond donors (Lipinski definition) is 1. The van der Waals surface area contributed by atoms with Crippen LogP contribution in [-0.2, 0) is 24.2 Å². The van der Waals surface area contributed by atoms with Gasteiger partial charge in [-0.3, -0.25) is 4.79 Å². The molecule has 0 bridgehead atoms. The molecule has 0 radical (unpaired) electrons. The van der Waals surface area contributed by atoms with E-state index in [2.05, 4.69) is 37.4 Å². The summed E-state index contributed by atoms with van der Waals surface area (Å²) in [4.78, 5) is 12.3. The number of halogens is 1. The Morgan fingerprint density at radius 3 is 2.54 bits per heavy atom. The van der Waals surface area contributed by atoms with Crippen LogP contribution in [0.4, 0.5) is 0 Å². The summed E-state index contributed by atoms with van der Waals surface area (Å²) in [5.74, 6) is 0.364. The van der Waals surface area contributed by atoms with E-state index in [-0.39, 0.29) is 5.91 Å². The molecule has 1 N–H and O–H groups in total. The van der Waals surface area contributed by atoms with Crippen LogP contribution in [0.2, 0.25) is 5.02 Å². The quantitative estimate of drug-likeness (QED) is 0.799. The Bertz CT molecular complexity index is 700. The van der Waals surface area contributed by atoms with Crippen LogP contribution in [0, 0.1) is 0 Å². The van der Waals surface area contributed by atoms with Crippen LogP contribution in [0.25, 0.3) is 0 Å². The highest BCUT2D eigenvalue weighted by Crippen LogP contribution is 2.24. The van der Waals surface area contributed by atoms with Crippen LogP contribution in [0.15, 0.2) is 42.5 Å². The van der Waals surface area contributed by atoms with E-state index in [4.69, 9.17) is 16.3 Å². The third-order valence-corrected chi connectivity index (χ3v) is 4.33. The Balaban J connectivity index is 1.98. The van der Waals surface area contributed by atoms with Crippen molar-refractivity contribution in [1.29, 1.82) is 0 Å². The van der Waals surface area contributed by atoms with Crippen molar-refractivity contribution in [3.63, 3.8) is 0 Å². The molecule has 0 aliphatic rings. The first-order valence-electron chi connectivity index (χ1n) is 8.34. The van der Waals surface area contributed by atoms with Gasteiger partial charge in [0, 0.05) is 6.54 Å². The molecule has 1 amide bonds. The number of nitrogens with one attached hydrogen (secondary N) is 1. The highest BCUT2D eigenvalue weighted by molar-refractivity contribution is 6.32. The molecule has 2 aromatic rings. The number of benzene rings is 2. The lowest BCUT2D eigenvalue weighted by atomic mass is 10.0. The maximum atomic E-state index is 12.3. The van der Waals surface area contributed by atoms with E-state index in [1.54, 1.807) is 19.1 Å². The standard InChI is InChI=1S/C20H24ClNO2/c1-4-15-10-11-16(5-2)17(12-15)13-22-20(23)14(3)24-19-9-7-6-8-18(19)21/h6-12,14H,4-5,13H2,1-3H3,(H,22,23)/t14-/m1/s1. The topological polar surface area (TPSA) is 38.3 Å². The molecule has 0 saturated carbocycles. The van der Waals surface area contributed by atoms with Gasteiger partial charge in [-0.05, 0) is 48.6 Å². The largest absolute Gasteiger partial charge is 0.479 e. The van der Waals surface area contributed by atoms with Crippen molar-refractivity contribution in [3.05, 3.63) is 64.2 Å². The lowest BCUT2D eigenvalue weighted by Gasteiger charge is -2.17. The molecule has 24 heavy (non-hydrogen) atoms. The maximum absolute atomic E-state index is 12.3. The average Bonchev–Trinajstić information content (AvgIpc) is 2.61. The predicted octanol–water partition coefficient (Wildman–Crippen LogP) is 4.55. The van der Waals surface area contributed by atoms with Gasteiger partial charge >= 0.3 is 0 Å². The molecule has 0 aliphatic heterocycles. The molecule has 0 saturated heterocycles. The van der Waals surface area contributed by atoms with Crippen molar-refractivity contribution in [2.45, 2.75) is 46.3 Å². The van der Waals surface area contributed by atoms with E-state index in [1.165, 1.54) is 11.1 Å². The van der Waals surface area contributed by atoms with E-state index in [9.17, 15) is 4.79 Å². The Morgan fingerprint density at radius 2 is 1.88 bits per heavy atom. The van der Waals surface area contributed by atoms with Crippen LogP contribution in [-0.4, -0.2) is 12.0 Å². The van der Waals surface area contributed by atoms with Gasteiger partial charge in [0.25, 0.3) is 5.91 Å². The summed E-state index contributed by atoms with van der Waals surface area (Å²) >= 11 is 6.06. The second-order valence-corrected chi connectivity index (χ2v) is 6.13. The molecule has 0 fully saturated rings. The Kier molecular flexibility index (Phi) is 6.68. The van der Waals surface area contributed by atoms with Gasteiger partial charge < -0.3 is 10.1 Å². The summed E-state index contributed by atoms with van der Waals surface area (Å²) in [6, 6.07) is 13.6. The average molecular weight is 346 g/mol. The second-order valence-electron chi connectivity index (χ2n) is 5.72. The van der Waals surface area contributed by atoms with E-state index < -0.39 is 6.10 Å². The summed E-state index contributed by atoms with van der Waals surface area (Å²) in [6.07, 6.45) is 1.32. The van der Waals surface area contributed by atoms with Gasteiger partial charge in [0.05, 0.1) is 5.02 Å². The Labute approximate surface area is 149 Å². The van der Waals surface area contributed by atoms with Crippen molar-refractivity contribution < 1.29 is 9.53 Å². The lowest BCUT2D eigenvalue weighted by molar-refractivity contribution is -0.127. The van der Waals surface area contributed by atoms with Crippen molar-refractivity contribution in [3.8, 4) is 5.75 Å². The van der Waals surface area contributed by atoms with Gasteiger partial charge in [-0.2, -0.15) is 0 Å². The third kappa shape index (κ3) is 4.75. The molecule has 4 heteroatoms. The number of para-hydroxylation sites is 1. The van der Waals surface area contributed by atoms with Gasteiger partial charge in [-0.15, -0.1) is 0 Å². The molecular weight excluding hydrogens is 322 g/mol. The number of carbonyl (C=O) groups is 1. The number of amides is 1. The number of aryl methyl sites for hydroxylation is 2. The second kappa shape index (κ2) is 8.74. The number of carbonyl (C=O) groups excluding carboxylic acids is 1. The molecule has 0 heterocycles. The molecule has 0 aliphatic carbocycles. The zero-order valence-corrected chi connectivity index (χ0v) is 15.2. The number of ether oxygens (including phenoxy) is 1. The molecule has 2 aromatic carbocycles.